The normalized spacial score (nSPS) is 15.9. The van der Waals surface area contributed by atoms with Crippen LogP contribution in [0.1, 0.15) is 26.6 Å². The van der Waals surface area contributed by atoms with Gasteiger partial charge in [0.05, 0.1) is 6.54 Å². The summed E-state index contributed by atoms with van der Waals surface area (Å²) < 4.78 is 29.9. The van der Waals surface area contributed by atoms with Crippen molar-refractivity contribution in [2.24, 2.45) is 0 Å². The molecule has 1 aliphatic rings. The molecule has 112 valence electrons. The molecule has 1 aromatic rings. The monoisotopic (exact) mass is 302 g/mol. The summed E-state index contributed by atoms with van der Waals surface area (Å²) in [6.07, 6.45) is 0.650. The first-order chi connectivity index (χ1) is 9.08. The molecule has 0 bridgehead atoms. The summed E-state index contributed by atoms with van der Waals surface area (Å²) in [5, 5.41) is 7.46. The third-order valence-electron chi connectivity index (χ3n) is 2.70. The van der Waals surface area contributed by atoms with Gasteiger partial charge in [-0.15, -0.1) is 10.2 Å². The Morgan fingerprint density at radius 3 is 2.45 bits per heavy atom. The zero-order valence-electron chi connectivity index (χ0n) is 12.0. The summed E-state index contributed by atoms with van der Waals surface area (Å²) in [6, 6.07) is 0. The number of hydrogen-bond acceptors (Lipinski definition) is 6. The molecule has 1 amide bonds. The lowest BCUT2D eigenvalue weighted by molar-refractivity contribution is 0.0192. The Morgan fingerprint density at radius 2 is 1.90 bits per heavy atom. The van der Waals surface area contributed by atoms with Crippen molar-refractivity contribution in [1.82, 2.24) is 19.7 Å². The molecule has 0 atom stereocenters. The maximum atomic E-state index is 12.0. The van der Waals surface area contributed by atoms with E-state index >= 15 is 0 Å². The van der Waals surface area contributed by atoms with Crippen LogP contribution in [-0.4, -0.2) is 52.6 Å². The smallest absolute Gasteiger partial charge is 0.410 e. The number of sulfone groups is 1. The summed E-state index contributed by atoms with van der Waals surface area (Å²) in [7, 11) is -3.41. The van der Waals surface area contributed by atoms with Crippen LogP contribution in [0.2, 0.25) is 0 Å². The van der Waals surface area contributed by atoms with Crippen molar-refractivity contribution in [2.45, 2.75) is 44.6 Å². The molecule has 8 nitrogen and oxygen atoms in total. The lowest BCUT2D eigenvalue weighted by atomic mass is 10.2. The van der Waals surface area contributed by atoms with Gasteiger partial charge in [0.1, 0.15) is 5.60 Å². The number of carbonyl (C=O) groups is 1. The van der Waals surface area contributed by atoms with E-state index in [0.717, 1.165) is 6.26 Å². The molecule has 0 aliphatic carbocycles. The quantitative estimate of drug-likeness (QED) is 0.746. The Labute approximate surface area is 117 Å². The van der Waals surface area contributed by atoms with E-state index in [1.807, 2.05) is 0 Å². The third-order valence-corrected chi connectivity index (χ3v) is 3.67. The Hall–Kier alpha value is -1.64. The Balaban J connectivity index is 2.17. The van der Waals surface area contributed by atoms with Crippen LogP contribution in [0.25, 0.3) is 0 Å². The van der Waals surface area contributed by atoms with E-state index in [4.69, 9.17) is 4.74 Å². The SMILES string of the molecule is CC(C)(C)OC(=O)N1CCn2c(nnc2S(C)(=O)=O)C1. The van der Waals surface area contributed by atoms with Crippen molar-refractivity contribution in [2.75, 3.05) is 12.8 Å². The van der Waals surface area contributed by atoms with E-state index in [1.54, 1.807) is 20.8 Å². The standard InChI is InChI=1S/C11H18N4O4S/c1-11(2,3)19-10(16)14-5-6-15-8(7-14)12-13-9(15)20(4,17)18/h5-7H2,1-4H3. The summed E-state index contributed by atoms with van der Waals surface area (Å²) in [4.78, 5) is 13.4. The number of carbonyl (C=O) groups excluding carboxylic acids is 1. The third kappa shape index (κ3) is 3.09. The number of ether oxygens (including phenoxy) is 1. The predicted molar refractivity (Wildman–Crippen MR) is 69.8 cm³/mol. The average molecular weight is 302 g/mol. The fourth-order valence-electron chi connectivity index (χ4n) is 1.89. The second-order valence-corrected chi connectivity index (χ2v) is 7.63. The zero-order valence-corrected chi connectivity index (χ0v) is 12.8. The number of amides is 1. The number of rotatable bonds is 1. The van der Waals surface area contributed by atoms with Gasteiger partial charge in [-0.2, -0.15) is 0 Å². The van der Waals surface area contributed by atoms with Crippen LogP contribution in [0.15, 0.2) is 5.16 Å². The van der Waals surface area contributed by atoms with Gasteiger partial charge in [-0.3, -0.25) is 9.47 Å². The van der Waals surface area contributed by atoms with E-state index in [2.05, 4.69) is 10.2 Å². The van der Waals surface area contributed by atoms with E-state index in [-0.39, 0.29) is 11.7 Å². The van der Waals surface area contributed by atoms with E-state index in [0.29, 0.717) is 18.9 Å². The van der Waals surface area contributed by atoms with Crippen molar-refractivity contribution < 1.29 is 17.9 Å². The topological polar surface area (TPSA) is 94.4 Å². The fourth-order valence-corrected chi connectivity index (χ4v) is 2.67. The molecule has 20 heavy (non-hydrogen) atoms. The minimum Gasteiger partial charge on any atom is -0.444 e. The van der Waals surface area contributed by atoms with Gasteiger partial charge >= 0.3 is 6.09 Å². The Morgan fingerprint density at radius 1 is 1.25 bits per heavy atom. The first-order valence-electron chi connectivity index (χ1n) is 6.18. The Bertz CT molecular complexity index is 629. The molecule has 9 heteroatoms. The van der Waals surface area contributed by atoms with Crippen LogP contribution in [0, 0.1) is 0 Å². The van der Waals surface area contributed by atoms with Crippen LogP contribution in [0.4, 0.5) is 4.79 Å². The molecule has 0 N–H and O–H groups in total. The first kappa shape index (κ1) is 14.8. The molecule has 0 aromatic carbocycles. The van der Waals surface area contributed by atoms with Gasteiger partial charge in [-0.05, 0) is 20.8 Å². The van der Waals surface area contributed by atoms with E-state index in [1.165, 1.54) is 9.47 Å². The van der Waals surface area contributed by atoms with Gasteiger partial charge in [-0.25, -0.2) is 13.2 Å². The van der Waals surface area contributed by atoms with Crippen molar-refractivity contribution >= 4 is 15.9 Å². The van der Waals surface area contributed by atoms with Crippen LogP contribution in [0.3, 0.4) is 0 Å². The highest BCUT2D eigenvalue weighted by molar-refractivity contribution is 7.90. The molecule has 2 rings (SSSR count). The maximum Gasteiger partial charge on any atom is 0.410 e. The van der Waals surface area contributed by atoms with Crippen LogP contribution < -0.4 is 0 Å². The second-order valence-electron chi connectivity index (χ2n) is 5.72. The fraction of sp³-hybridized carbons (Fsp3) is 0.727. The minimum absolute atomic E-state index is 0.0589. The summed E-state index contributed by atoms with van der Waals surface area (Å²) in [5.41, 5.74) is -0.569. The summed E-state index contributed by atoms with van der Waals surface area (Å²) in [6.45, 7) is 6.27. The van der Waals surface area contributed by atoms with Crippen molar-refractivity contribution in [3.8, 4) is 0 Å². The van der Waals surface area contributed by atoms with Gasteiger partial charge < -0.3 is 4.74 Å². The van der Waals surface area contributed by atoms with Crippen molar-refractivity contribution in [3.05, 3.63) is 5.82 Å². The summed E-state index contributed by atoms with van der Waals surface area (Å²) in [5.74, 6) is 0.447. The molecular formula is C11H18N4O4S. The second kappa shape index (κ2) is 4.72. The van der Waals surface area contributed by atoms with Crippen LogP contribution in [0.5, 0.6) is 0 Å². The van der Waals surface area contributed by atoms with E-state index < -0.39 is 21.5 Å². The molecule has 1 aliphatic heterocycles. The number of nitrogens with zero attached hydrogens (tertiary/aromatic N) is 4. The predicted octanol–water partition coefficient (Wildman–Crippen LogP) is 0.432. The number of aromatic nitrogens is 3. The van der Waals surface area contributed by atoms with E-state index in [9.17, 15) is 13.2 Å². The highest BCUT2D eigenvalue weighted by atomic mass is 32.2. The van der Waals surface area contributed by atoms with Gasteiger partial charge in [-0.1, -0.05) is 0 Å². The van der Waals surface area contributed by atoms with Gasteiger partial charge in [0.2, 0.25) is 15.0 Å². The first-order valence-corrected chi connectivity index (χ1v) is 8.07. The van der Waals surface area contributed by atoms with Crippen LogP contribution in [-0.2, 0) is 27.7 Å². The molecule has 0 saturated heterocycles. The average Bonchev–Trinajstić information content (AvgIpc) is 2.68. The minimum atomic E-state index is -3.41. The number of hydrogen-bond donors (Lipinski definition) is 0. The molecule has 0 radical (unpaired) electrons. The van der Waals surface area contributed by atoms with Crippen LogP contribution >= 0.6 is 0 Å². The molecule has 0 unspecified atom stereocenters. The lowest BCUT2D eigenvalue weighted by Crippen LogP contribution is -2.41. The molecule has 0 spiro atoms. The molecule has 0 fully saturated rings. The van der Waals surface area contributed by atoms with Gasteiger partial charge in [0.15, 0.2) is 5.82 Å². The Kier molecular flexibility index (Phi) is 3.49. The summed E-state index contributed by atoms with van der Waals surface area (Å²) >= 11 is 0. The van der Waals surface area contributed by atoms with Gasteiger partial charge in [0, 0.05) is 19.3 Å². The maximum absolute atomic E-state index is 12.0. The number of fused-ring (bicyclic) bond motifs is 1. The van der Waals surface area contributed by atoms with Crippen molar-refractivity contribution in [1.29, 1.82) is 0 Å². The highest BCUT2D eigenvalue weighted by Gasteiger charge is 2.30. The molecule has 0 saturated carbocycles. The zero-order chi connectivity index (χ0) is 15.1. The molecule has 2 heterocycles. The highest BCUT2D eigenvalue weighted by Crippen LogP contribution is 2.18. The largest absolute Gasteiger partial charge is 0.444 e. The molecular weight excluding hydrogens is 284 g/mol. The van der Waals surface area contributed by atoms with Crippen molar-refractivity contribution in [3.63, 3.8) is 0 Å². The lowest BCUT2D eigenvalue weighted by Gasteiger charge is -2.30. The van der Waals surface area contributed by atoms with Gasteiger partial charge in [0.25, 0.3) is 0 Å². The molecule has 1 aromatic heterocycles.